The van der Waals surface area contributed by atoms with Crippen molar-refractivity contribution in [3.05, 3.63) is 101 Å². The number of Topliss-reactive ketones (excluding diaryl/α,β-unsaturated/α-hetero) is 1. The Bertz CT molecular complexity index is 1020. The van der Waals surface area contributed by atoms with Gasteiger partial charge in [0.15, 0.2) is 5.78 Å². The van der Waals surface area contributed by atoms with Gasteiger partial charge in [-0.05, 0) is 74.5 Å². The van der Waals surface area contributed by atoms with E-state index in [0.29, 0.717) is 11.5 Å². The van der Waals surface area contributed by atoms with Gasteiger partial charge in [0.1, 0.15) is 11.9 Å². The lowest BCUT2D eigenvalue weighted by Gasteiger charge is -2.33. The number of piperidine rings is 1. The Kier molecular flexibility index (Phi) is 7.39. The standard InChI is InChI=1S/C29H33NO2/c1-22-9-6-7-14-28(22)24-15-18-30(19-16-24)20-17-29(25-10-4-3-5-11-25)32-27-13-8-12-26(21-27)23(2)31/h3-14,21,24,29H,15-20H2,1-2H3/t29-/m0/s1. The van der Waals surface area contributed by atoms with Gasteiger partial charge in [-0.1, -0.05) is 66.7 Å². The maximum atomic E-state index is 11.8. The van der Waals surface area contributed by atoms with Crippen molar-refractivity contribution in [2.24, 2.45) is 0 Å². The van der Waals surface area contributed by atoms with Crippen molar-refractivity contribution in [3.8, 4) is 5.75 Å². The molecule has 1 aliphatic rings. The Balaban J connectivity index is 1.39. The molecule has 0 amide bonds. The molecule has 166 valence electrons. The Morgan fingerprint density at radius 3 is 2.41 bits per heavy atom. The highest BCUT2D eigenvalue weighted by Gasteiger charge is 2.23. The van der Waals surface area contributed by atoms with Crippen molar-refractivity contribution >= 4 is 5.78 Å². The molecule has 3 heteroatoms. The second kappa shape index (κ2) is 10.6. The first-order chi connectivity index (χ1) is 15.6. The number of carbonyl (C=O) groups is 1. The van der Waals surface area contributed by atoms with Crippen LogP contribution in [0.4, 0.5) is 0 Å². The summed E-state index contributed by atoms with van der Waals surface area (Å²) in [5.41, 5.74) is 4.79. The van der Waals surface area contributed by atoms with E-state index in [4.69, 9.17) is 4.74 Å². The Labute approximate surface area is 192 Å². The third-order valence-corrected chi connectivity index (χ3v) is 6.61. The van der Waals surface area contributed by atoms with Gasteiger partial charge in [-0.3, -0.25) is 4.79 Å². The summed E-state index contributed by atoms with van der Waals surface area (Å²) in [6, 6.07) is 26.8. The molecule has 32 heavy (non-hydrogen) atoms. The lowest BCUT2D eigenvalue weighted by Crippen LogP contribution is -2.34. The van der Waals surface area contributed by atoms with Crippen LogP contribution in [0, 0.1) is 6.92 Å². The number of aryl methyl sites for hydroxylation is 1. The topological polar surface area (TPSA) is 29.5 Å². The van der Waals surface area contributed by atoms with Crippen LogP contribution in [0.25, 0.3) is 0 Å². The van der Waals surface area contributed by atoms with Crippen LogP contribution in [-0.2, 0) is 0 Å². The van der Waals surface area contributed by atoms with Crippen molar-refractivity contribution in [3.63, 3.8) is 0 Å². The van der Waals surface area contributed by atoms with Crippen molar-refractivity contribution in [2.45, 2.75) is 45.1 Å². The van der Waals surface area contributed by atoms with E-state index in [9.17, 15) is 4.79 Å². The van der Waals surface area contributed by atoms with Gasteiger partial charge in [-0.15, -0.1) is 0 Å². The quantitative estimate of drug-likeness (QED) is 0.380. The van der Waals surface area contributed by atoms with E-state index in [0.717, 1.165) is 31.8 Å². The molecule has 0 unspecified atom stereocenters. The summed E-state index contributed by atoms with van der Waals surface area (Å²) in [5, 5.41) is 0. The minimum Gasteiger partial charge on any atom is -0.486 e. The fraction of sp³-hybridized carbons (Fsp3) is 0.345. The highest BCUT2D eigenvalue weighted by atomic mass is 16.5. The highest BCUT2D eigenvalue weighted by Crippen LogP contribution is 2.31. The van der Waals surface area contributed by atoms with Crippen molar-refractivity contribution in [1.29, 1.82) is 0 Å². The number of carbonyl (C=O) groups excluding carboxylic acids is 1. The summed E-state index contributed by atoms with van der Waals surface area (Å²) in [6.45, 7) is 7.08. The molecule has 1 atom stereocenters. The second-order valence-electron chi connectivity index (χ2n) is 8.86. The fourth-order valence-electron chi connectivity index (χ4n) is 4.73. The number of hydrogen-bond donors (Lipinski definition) is 0. The average molecular weight is 428 g/mol. The first kappa shape index (κ1) is 22.3. The summed E-state index contributed by atoms with van der Waals surface area (Å²) in [7, 11) is 0. The molecule has 0 bridgehead atoms. The van der Waals surface area contributed by atoms with E-state index in [2.05, 4.69) is 60.4 Å². The number of likely N-dealkylation sites (tertiary alicyclic amines) is 1. The van der Waals surface area contributed by atoms with Crippen LogP contribution in [0.1, 0.15) is 65.3 Å². The van der Waals surface area contributed by atoms with Crippen molar-refractivity contribution in [1.82, 2.24) is 4.90 Å². The van der Waals surface area contributed by atoms with E-state index in [1.165, 1.54) is 29.5 Å². The lowest BCUT2D eigenvalue weighted by atomic mass is 9.87. The van der Waals surface area contributed by atoms with E-state index >= 15 is 0 Å². The molecule has 1 fully saturated rings. The number of nitrogens with zero attached hydrogens (tertiary/aromatic N) is 1. The largest absolute Gasteiger partial charge is 0.486 e. The molecule has 1 heterocycles. The zero-order valence-corrected chi connectivity index (χ0v) is 19.2. The molecule has 0 saturated carbocycles. The fourth-order valence-corrected chi connectivity index (χ4v) is 4.73. The molecule has 0 aromatic heterocycles. The minimum absolute atomic E-state index is 0.0347. The highest BCUT2D eigenvalue weighted by molar-refractivity contribution is 5.94. The average Bonchev–Trinajstić information content (AvgIpc) is 2.83. The summed E-state index contributed by atoms with van der Waals surface area (Å²) in [5.74, 6) is 1.48. The molecular formula is C29H33NO2. The first-order valence-electron chi connectivity index (χ1n) is 11.7. The molecule has 0 N–H and O–H groups in total. The van der Waals surface area contributed by atoms with Gasteiger partial charge in [-0.25, -0.2) is 0 Å². The number of ether oxygens (including phenoxy) is 1. The van der Waals surface area contributed by atoms with Crippen LogP contribution in [-0.4, -0.2) is 30.3 Å². The van der Waals surface area contributed by atoms with E-state index < -0.39 is 0 Å². The minimum atomic E-state index is -0.0347. The van der Waals surface area contributed by atoms with Crippen LogP contribution in [0.15, 0.2) is 78.9 Å². The van der Waals surface area contributed by atoms with Crippen LogP contribution < -0.4 is 4.74 Å². The third-order valence-electron chi connectivity index (χ3n) is 6.61. The number of ketones is 1. The van der Waals surface area contributed by atoms with E-state index in [1.54, 1.807) is 6.92 Å². The molecule has 0 aliphatic carbocycles. The predicted molar refractivity (Wildman–Crippen MR) is 130 cm³/mol. The van der Waals surface area contributed by atoms with Crippen LogP contribution in [0.2, 0.25) is 0 Å². The van der Waals surface area contributed by atoms with Gasteiger partial charge in [0.25, 0.3) is 0 Å². The maximum Gasteiger partial charge on any atom is 0.159 e. The first-order valence-corrected chi connectivity index (χ1v) is 11.7. The third kappa shape index (κ3) is 5.66. The van der Waals surface area contributed by atoms with Crippen molar-refractivity contribution in [2.75, 3.05) is 19.6 Å². The molecule has 1 saturated heterocycles. The molecule has 3 aromatic carbocycles. The van der Waals surface area contributed by atoms with E-state index in [1.807, 2.05) is 30.3 Å². The zero-order chi connectivity index (χ0) is 22.3. The molecule has 3 nitrogen and oxygen atoms in total. The van der Waals surface area contributed by atoms with Crippen LogP contribution >= 0.6 is 0 Å². The second-order valence-corrected chi connectivity index (χ2v) is 8.86. The Morgan fingerprint density at radius 1 is 0.969 bits per heavy atom. The molecule has 0 spiro atoms. The van der Waals surface area contributed by atoms with Gasteiger partial charge in [0.2, 0.25) is 0 Å². The number of hydrogen-bond acceptors (Lipinski definition) is 3. The van der Waals surface area contributed by atoms with E-state index in [-0.39, 0.29) is 11.9 Å². The van der Waals surface area contributed by atoms with Gasteiger partial charge in [0.05, 0.1) is 0 Å². The maximum absolute atomic E-state index is 11.8. The van der Waals surface area contributed by atoms with Crippen molar-refractivity contribution < 1.29 is 9.53 Å². The van der Waals surface area contributed by atoms with Gasteiger partial charge in [0, 0.05) is 18.5 Å². The lowest BCUT2D eigenvalue weighted by molar-refractivity contribution is 0.101. The number of rotatable bonds is 8. The Hall–Kier alpha value is -2.91. The zero-order valence-electron chi connectivity index (χ0n) is 19.2. The normalized spacial score (nSPS) is 15.9. The molecule has 0 radical (unpaired) electrons. The van der Waals surface area contributed by atoms with Gasteiger partial charge in [-0.2, -0.15) is 0 Å². The van der Waals surface area contributed by atoms with Crippen LogP contribution in [0.5, 0.6) is 5.75 Å². The van der Waals surface area contributed by atoms with Gasteiger partial charge < -0.3 is 9.64 Å². The SMILES string of the molecule is CC(=O)c1cccc(O[C@@H](CCN2CCC(c3ccccc3C)CC2)c2ccccc2)c1. The summed E-state index contributed by atoms with van der Waals surface area (Å²) < 4.78 is 6.41. The van der Waals surface area contributed by atoms with Crippen LogP contribution in [0.3, 0.4) is 0 Å². The summed E-state index contributed by atoms with van der Waals surface area (Å²) >= 11 is 0. The number of benzene rings is 3. The summed E-state index contributed by atoms with van der Waals surface area (Å²) in [4.78, 5) is 14.3. The monoisotopic (exact) mass is 427 g/mol. The molecule has 1 aliphatic heterocycles. The molecular weight excluding hydrogens is 394 g/mol. The molecule has 3 aromatic rings. The van der Waals surface area contributed by atoms with Gasteiger partial charge >= 0.3 is 0 Å². The summed E-state index contributed by atoms with van der Waals surface area (Å²) in [6.07, 6.45) is 3.31. The molecule has 4 rings (SSSR count). The smallest absolute Gasteiger partial charge is 0.159 e. The Morgan fingerprint density at radius 2 is 1.69 bits per heavy atom. The predicted octanol–water partition coefficient (Wildman–Crippen LogP) is 6.59.